The third kappa shape index (κ3) is 4.49. The van der Waals surface area contributed by atoms with Crippen molar-refractivity contribution in [2.75, 3.05) is 19.0 Å². The van der Waals surface area contributed by atoms with Gasteiger partial charge in [-0.05, 0) is 41.6 Å². The van der Waals surface area contributed by atoms with E-state index in [0.717, 1.165) is 17.0 Å². The molecule has 0 amide bonds. The number of nitrogens with zero attached hydrogens (tertiary/aromatic N) is 2. The van der Waals surface area contributed by atoms with Gasteiger partial charge in [-0.3, -0.25) is 0 Å². The van der Waals surface area contributed by atoms with Gasteiger partial charge < -0.3 is 14.5 Å². The predicted octanol–water partition coefficient (Wildman–Crippen LogP) is 4.44. The van der Waals surface area contributed by atoms with Gasteiger partial charge in [-0.15, -0.1) is 11.3 Å². The van der Waals surface area contributed by atoms with Crippen LogP contribution >= 0.6 is 11.3 Å². The van der Waals surface area contributed by atoms with E-state index >= 15 is 0 Å². The summed E-state index contributed by atoms with van der Waals surface area (Å²) < 4.78 is 10.8. The Hall–Kier alpha value is -3.04. The first kappa shape index (κ1) is 16.8. The highest BCUT2D eigenvalue weighted by Gasteiger charge is 2.10. The van der Waals surface area contributed by atoms with Crippen LogP contribution in [0.15, 0.2) is 46.2 Å². The lowest BCUT2D eigenvalue weighted by atomic mass is 10.1. The molecule has 0 atom stereocenters. The zero-order valence-corrected chi connectivity index (χ0v) is 14.5. The van der Waals surface area contributed by atoms with Crippen LogP contribution in [-0.4, -0.2) is 18.6 Å². The molecule has 0 aliphatic rings. The second kappa shape index (κ2) is 8.18. The van der Waals surface area contributed by atoms with Gasteiger partial charge in [0.05, 0.1) is 7.11 Å². The summed E-state index contributed by atoms with van der Waals surface area (Å²) in [6, 6.07) is 13.9. The maximum absolute atomic E-state index is 9.21. The molecule has 0 aliphatic carbocycles. The highest BCUT2D eigenvalue weighted by atomic mass is 32.1. The minimum atomic E-state index is 0.264. The lowest BCUT2D eigenvalue weighted by molar-refractivity contribution is 0.414. The van der Waals surface area contributed by atoms with E-state index in [2.05, 4.69) is 16.4 Å². The van der Waals surface area contributed by atoms with Crippen LogP contribution in [-0.2, 0) is 6.42 Å². The standard InChI is InChI=1S/C19H17N3O2S/c1-23-15-6-4-14(5-7-15)10-11-21-19-17(13-20)22-18(24-19)9-8-16-3-2-12-25-16/h2-9,12,21H,10-11H2,1H3. The summed E-state index contributed by atoms with van der Waals surface area (Å²) in [6.07, 6.45) is 4.48. The maximum Gasteiger partial charge on any atom is 0.232 e. The van der Waals surface area contributed by atoms with Crippen LogP contribution < -0.4 is 10.1 Å². The van der Waals surface area contributed by atoms with Crippen molar-refractivity contribution in [3.63, 3.8) is 0 Å². The molecule has 0 fully saturated rings. The Labute approximate surface area is 150 Å². The molecule has 0 unspecified atom stereocenters. The van der Waals surface area contributed by atoms with Crippen molar-refractivity contribution >= 4 is 29.4 Å². The van der Waals surface area contributed by atoms with Crippen molar-refractivity contribution in [1.29, 1.82) is 5.26 Å². The molecular formula is C19H17N3O2S. The molecule has 3 rings (SSSR count). The first-order valence-electron chi connectivity index (χ1n) is 7.78. The lowest BCUT2D eigenvalue weighted by Crippen LogP contribution is -2.05. The smallest absolute Gasteiger partial charge is 0.232 e. The van der Waals surface area contributed by atoms with E-state index in [1.165, 1.54) is 5.56 Å². The van der Waals surface area contributed by atoms with Gasteiger partial charge in [0.2, 0.25) is 17.5 Å². The van der Waals surface area contributed by atoms with Crippen molar-refractivity contribution in [3.05, 3.63) is 63.8 Å². The van der Waals surface area contributed by atoms with Gasteiger partial charge >= 0.3 is 0 Å². The SMILES string of the molecule is COc1ccc(CCNc2oc(C=Cc3cccs3)nc2C#N)cc1. The number of oxazole rings is 1. The Kier molecular flexibility index (Phi) is 5.50. The average Bonchev–Trinajstić information content (AvgIpc) is 3.30. The molecular weight excluding hydrogens is 334 g/mol. The predicted molar refractivity (Wildman–Crippen MR) is 99.7 cm³/mol. The van der Waals surface area contributed by atoms with Crippen LogP contribution in [0.4, 0.5) is 5.88 Å². The Morgan fingerprint density at radius 2 is 2.12 bits per heavy atom. The number of aromatic nitrogens is 1. The van der Waals surface area contributed by atoms with E-state index < -0.39 is 0 Å². The van der Waals surface area contributed by atoms with Crippen molar-refractivity contribution in [2.45, 2.75) is 6.42 Å². The van der Waals surface area contributed by atoms with E-state index in [0.29, 0.717) is 18.3 Å². The number of rotatable bonds is 7. The summed E-state index contributed by atoms with van der Waals surface area (Å²) in [5, 5.41) is 14.4. The Balaban J connectivity index is 1.60. The molecule has 0 radical (unpaired) electrons. The third-order valence-electron chi connectivity index (χ3n) is 3.54. The second-order valence-electron chi connectivity index (χ2n) is 5.22. The summed E-state index contributed by atoms with van der Waals surface area (Å²) in [7, 11) is 1.65. The number of thiophene rings is 1. The third-order valence-corrected chi connectivity index (χ3v) is 4.38. The summed E-state index contributed by atoms with van der Waals surface area (Å²) in [5.41, 5.74) is 1.43. The number of ether oxygens (including phenoxy) is 1. The zero-order chi connectivity index (χ0) is 17.5. The van der Waals surface area contributed by atoms with Gasteiger partial charge in [0.1, 0.15) is 11.8 Å². The number of benzene rings is 1. The van der Waals surface area contributed by atoms with Crippen molar-refractivity contribution in [1.82, 2.24) is 4.98 Å². The lowest BCUT2D eigenvalue weighted by Gasteiger charge is -2.04. The number of hydrogen-bond acceptors (Lipinski definition) is 6. The number of anilines is 1. The normalized spacial score (nSPS) is 10.7. The molecule has 5 nitrogen and oxygen atoms in total. The fourth-order valence-electron chi connectivity index (χ4n) is 2.26. The van der Waals surface area contributed by atoms with Gasteiger partial charge in [-0.2, -0.15) is 10.2 Å². The van der Waals surface area contributed by atoms with Crippen molar-refractivity contribution in [3.8, 4) is 11.8 Å². The Morgan fingerprint density at radius 3 is 2.80 bits per heavy atom. The topological polar surface area (TPSA) is 71.1 Å². The van der Waals surface area contributed by atoms with E-state index in [-0.39, 0.29) is 5.69 Å². The van der Waals surface area contributed by atoms with E-state index in [9.17, 15) is 5.26 Å². The minimum Gasteiger partial charge on any atom is -0.497 e. The van der Waals surface area contributed by atoms with Crippen LogP contribution in [0.1, 0.15) is 22.0 Å². The zero-order valence-electron chi connectivity index (χ0n) is 13.7. The molecule has 126 valence electrons. The highest BCUT2D eigenvalue weighted by molar-refractivity contribution is 7.10. The van der Waals surface area contributed by atoms with Gasteiger partial charge in [-0.1, -0.05) is 18.2 Å². The number of hydrogen-bond donors (Lipinski definition) is 1. The molecule has 25 heavy (non-hydrogen) atoms. The molecule has 3 aromatic rings. The van der Waals surface area contributed by atoms with Crippen LogP contribution in [0.3, 0.4) is 0 Å². The van der Waals surface area contributed by atoms with Crippen LogP contribution in [0.5, 0.6) is 5.75 Å². The minimum absolute atomic E-state index is 0.264. The second-order valence-corrected chi connectivity index (χ2v) is 6.19. The average molecular weight is 351 g/mol. The van der Waals surface area contributed by atoms with E-state index in [1.54, 1.807) is 24.5 Å². The van der Waals surface area contributed by atoms with Gasteiger partial charge in [0.25, 0.3) is 0 Å². The Morgan fingerprint density at radius 1 is 1.28 bits per heavy atom. The monoisotopic (exact) mass is 351 g/mol. The van der Waals surface area contributed by atoms with Crippen LogP contribution in [0, 0.1) is 11.3 Å². The molecule has 2 aromatic heterocycles. The summed E-state index contributed by atoms with van der Waals surface area (Å²) in [5.74, 6) is 1.65. The Bertz CT molecular complexity index is 875. The van der Waals surface area contributed by atoms with Gasteiger partial charge in [0, 0.05) is 17.5 Å². The van der Waals surface area contributed by atoms with Crippen molar-refractivity contribution < 1.29 is 9.15 Å². The van der Waals surface area contributed by atoms with Crippen molar-refractivity contribution in [2.24, 2.45) is 0 Å². The first-order chi connectivity index (χ1) is 12.3. The van der Waals surface area contributed by atoms with Gasteiger partial charge in [0.15, 0.2) is 0 Å². The summed E-state index contributed by atoms with van der Waals surface area (Å²) >= 11 is 1.63. The maximum atomic E-state index is 9.21. The number of nitrogens with one attached hydrogen (secondary N) is 1. The molecule has 6 heteroatoms. The molecule has 0 bridgehead atoms. The fourth-order valence-corrected chi connectivity index (χ4v) is 2.87. The molecule has 0 spiro atoms. The molecule has 0 saturated carbocycles. The van der Waals surface area contributed by atoms with E-state index in [1.807, 2.05) is 47.9 Å². The van der Waals surface area contributed by atoms with Crippen LogP contribution in [0.25, 0.3) is 12.2 Å². The molecule has 0 saturated heterocycles. The summed E-state index contributed by atoms with van der Waals surface area (Å²) in [6.45, 7) is 0.643. The van der Waals surface area contributed by atoms with Gasteiger partial charge in [-0.25, -0.2) is 0 Å². The molecule has 1 N–H and O–H groups in total. The van der Waals surface area contributed by atoms with Crippen LogP contribution in [0.2, 0.25) is 0 Å². The number of methoxy groups -OCH3 is 1. The number of nitriles is 1. The largest absolute Gasteiger partial charge is 0.497 e. The highest BCUT2D eigenvalue weighted by Crippen LogP contribution is 2.20. The fraction of sp³-hybridized carbons (Fsp3) is 0.158. The van der Waals surface area contributed by atoms with E-state index in [4.69, 9.17) is 9.15 Å². The first-order valence-corrected chi connectivity index (χ1v) is 8.66. The molecule has 2 heterocycles. The summed E-state index contributed by atoms with van der Waals surface area (Å²) in [4.78, 5) is 5.29. The quantitative estimate of drug-likeness (QED) is 0.681. The molecule has 1 aromatic carbocycles. The molecule has 0 aliphatic heterocycles.